The van der Waals surface area contributed by atoms with Crippen molar-refractivity contribution in [2.75, 3.05) is 4.90 Å². The van der Waals surface area contributed by atoms with E-state index in [2.05, 4.69) is 0 Å². The topological polar surface area (TPSA) is 93.7 Å². The Morgan fingerprint density at radius 1 is 1.16 bits per heavy atom. The van der Waals surface area contributed by atoms with E-state index in [4.69, 9.17) is 16.0 Å². The lowest BCUT2D eigenvalue weighted by Crippen LogP contribution is -2.28. The minimum absolute atomic E-state index is 0.124. The smallest absolute Gasteiger partial charge is 0.298 e. The van der Waals surface area contributed by atoms with E-state index in [1.165, 1.54) is 29.2 Å². The van der Waals surface area contributed by atoms with Gasteiger partial charge in [-0.15, -0.1) is 0 Å². The number of imide groups is 1. The number of carbonyl (C=O) groups excluding carboxylic acids is 2. The molecule has 1 aromatic heterocycles. The lowest BCUT2D eigenvalue weighted by Gasteiger charge is -2.16. The number of non-ortho nitro benzene ring substituents is 1. The summed E-state index contributed by atoms with van der Waals surface area (Å²) in [6.45, 7) is 1.96. The van der Waals surface area contributed by atoms with Crippen molar-refractivity contribution in [1.82, 2.24) is 0 Å². The first-order valence-electron chi connectivity index (χ1n) is 9.29. The van der Waals surface area contributed by atoms with E-state index in [1.807, 2.05) is 19.1 Å². The predicted octanol–water partition coefficient (Wildman–Crippen LogP) is 6.31. The molecule has 0 bridgehead atoms. The number of carbonyl (C=O) groups is 2. The summed E-state index contributed by atoms with van der Waals surface area (Å²) in [5.41, 5.74) is 1.84. The van der Waals surface area contributed by atoms with Gasteiger partial charge >= 0.3 is 0 Å². The van der Waals surface area contributed by atoms with Crippen LogP contribution in [0.15, 0.2) is 63.9 Å². The van der Waals surface area contributed by atoms with Gasteiger partial charge in [-0.3, -0.25) is 19.7 Å². The molecule has 0 radical (unpaired) electrons. The summed E-state index contributed by atoms with van der Waals surface area (Å²) in [4.78, 5) is 37.2. The maximum absolute atomic E-state index is 12.9. The fourth-order valence-corrected chi connectivity index (χ4v) is 4.31. The van der Waals surface area contributed by atoms with Crippen LogP contribution in [-0.2, 0) is 11.2 Å². The third-order valence-corrected chi connectivity index (χ3v) is 5.92. The third-order valence-electron chi connectivity index (χ3n) is 4.74. The highest BCUT2D eigenvalue weighted by atomic mass is 35.5. The quantitative estimate of drug-likeness (QED) is 0.254. The Hall–Kier alpha value is -3.36. The molecule has 0 atom stereocenters. The molecule has 0 spiro atoms. The number of para-hydroxylation sites is 1. The lowest BCUT2D eigenvalue weighted by molar-refractivity contribution is -0.384. The van der Waals surface area contributed by atoms with Crippen molar-refractivity contribution in [1.29, 1.82) is 0 Å². The van der Waals surface area contributed by atoms with E-state index in [-0.39, 0.29) is 20.9 Å². The van der Waals surface area contributed by atoms with Gasteiger partial charge in [0.05, 0.1) is 20.5 Å². The van der Waals surface area contributed by atoms with Gasteiger partial charge in [0.1, 0.15) is 11.5 Å². The molecule has 1 aliphatic heterocycles. The molecule has 4 rings (SSSR count). The number of rotatable bonds is 5. The molecule has 2 heterocycles. The standard InChI is InChI=1S/C22H15ClN2O5S/c1-2-13-5-3-4-6-18(13)24-21(26)20(31-22(24)27)12-15-8-10-19(30-15)16-9-7-14(25(28)29)11-17(16)23/h3-12H,2H2,1H3/b20-12+. The molecule has 7 nitrogen and oxygen atoms in total. The first kappa shape index (κ1) is 20.9. The minimum Gasteiger partial charge on any atom is -0.457 e. The summed E-state index contributed by atoms with van der Waals surface area (Å²) in [5, 5.41) is 10.7. The second-order valence-electron chi connectivity index (χ2n) is 6.62. The highest BCUT2D eigenvalue weighted by molar-refractivity contribution is 8.19. The van der Waals surface area contributed by atoms with Crippen LogP contribution in [0.2, 0.25) is 5.02 Å². The van der Waals surface area contributed by atoms with Crippen molar-refractivity contribution >= 4 is 52.0 Å². The number of amides is 2. The Kier molecular flexibility index (Phi) is 5.67. The van der Waals surface area contributed by atoms with Crippen molar-refractivity contribution in [3.05, 3.63) is 86.0 Å². The number of nitrogens with zero attached hydrogens (tertiary/aromatic N) is 2. The van der Waals surface area contributed by atoms with Gasteiger partial charge in [-0.05, 0) is 48.0 Å². The summed E-state index contributed by atoms with van der Waals surface area (Å²) in [6, 6.07) is 14.7. The van der Waals surface area contributed by atoms with Gasteiger partial charge in [-0.25, -0.2) is 4.90 Å². The maximum atomic E-state index is 12.9. The molecular formula is C22H15ClN2O5S. The molecule has 1 fully saturated rings. The first-order valence-corrected chi connectivity index (χ1v) is 10.5. The minimum atomic E-state index is -0.532. The number of anilines is 1. The van der Waals surface area contributed by atoms with Crippen LogP contribution in [0, 0.1) is 10.1 Å². The van der Waals surface area contributed by atoms with E-state index in [0.717, 1.165) is 17.3 Å². The van der Waals surface area contributed by atoms with Crippen LogP contribution < -0.4 is 4.90 Å². The maximum Gasteiger partial charge on any atom is 0.298 e. The number of hydrogen-bond acceptors (Lipinski definition) is 6. The molecule has 0 N–H and O–H groups in total. The molecule has 1 aliphatic rings. The van der Waals surface area contributed by atoms with Crippen molar-refractivity contribution < 1.29 is 18.9 Å². The Balaban J connectivity index is 1.62. The van der Waals surface area contributed by atoms with Crippen LogP contribution in [0.3, 0.4) is 0 Å². The van der Waals surface area contributed by atoms with Gasteiger partial charge in [-0.2, -0.15) is 0 Å². The number of nitro groups is 1. The predicted molar refractivity (Wildman–Crippen MR) is 120 cm³/mol. The molecule has 1 saturated heterocycles. The number of hydrogen-bond donors (Lipinski definition) is 0. The SMILES string of the molecule is CCc1ccccc1N1C(=O)S/C(=C/c2ccc(-c3ccc([N+](=O)[O-])cc3Cl)o2)C1=O. The lowest BCUT2D eigenvalue weighted by atomic mass is 10.1. The Morgan fingerprint density at radius 2 is 1.94 bits per heavy atom. The summed E-state index contributed by atoms with van der Waals surface area (Å²) in [5.74, 6) is 0.336. The fraction of sp³-hybridized carbons (Fsp3) is 0.0909. The molecule has 0 unspecified atom stereocenters. The molecule has 156 valence electrons. The van der Waals surface area contributed by atoms with Crippen LogP contribution in [-0.4, -0.2) is 16.1 Å². The molecular weight excluding hydrogens is 440 g/mol. The van der Waals surface area contributed by atoms with E-state index in [1.54, 1.807) is 24.3 Å². The van der Waals surface area contributed by atoms with Gasteiger partial charge < -0.3 is 4.42 Å². The Morgan fingerprint density at radius 3 is 2.65 bits per heavy atom. The zero-order valence-corrected chi connectivity index (χ0v) is 17.8. The van der Waals surface area contributed by atoms with Crippen LogP contribution in [0.25, 0.3) is 17.4 Å². The van der Waals surface area contributed by atoms with Crippen molar-refractivity contribution in [3.8, 4) is 11.3 Å². The Bertz CT molecular complexity index is 1250. The van der Waals surface area contributed by atoms with Gasteiger partial charge in [0, 0.05) is 23.8 Å². The molecule has 0 saturated carbocycles. The molecule has 2 aromatic carbocycles. The largest absolute Gasteiger partial charge is 0.457 e. The summed E-state index contributed by atoms with van der Waals surface area (Å²) in [7, 11) is 0. The van der Waals surface area contributed by atoms with Crippen LogP contribution >= 0.6 is 23.4 Å². The van der Waals surface area contributed by atoms with E-state index >= 15 is 0 Å². The van der Waals surface area contributed by atoms with Crippen LogP contribution in [0.5, 0.6) is 0 Å². The van der Waals surface area contributed by atoms with Crippen molar-refractivity contribution in [2.24, 2.45) is 0 Å². The monoisotopic (exact) mass is 454 g/mol. The summed E-state index contributed by atoms with van der Waals surface area (Å²) >= 11 is 7.00. The van der Waals surface area contributed by atoms with Gasteiger partial charge in [0.25, 0.3) is 16.8 Å². The third kappa shape index (κ3) is 3.99. The number of aryl methyl sites for hydroxylation is 1. The first-order chi connectivity index (χ1) is 14.9. The zero-order valence-electron chi connectivity index (χ0n) is 16.2. The average Bonchev–Trinajstić information content (AvgIpc) is 3.32. The molecule has 2 amide bonds. The second-order valence-corrected chi connectivity index (χ2v) is 8.02. The van der Waals surface area contributed by atoms with Gasteiger partial charge in [-0.1, -0.05) is 36.7 Å². The molecule has 31 heavy (non-hydrogen) atoms. The van der Waals surface area contributed by atoms with Crippen molar-refractivity contribution in [3.63, 3.8) is 0 Å². The van der Waals surface area contributed by atoms with Crippen molar-refractivity contribution in [2.45, 2.75) is 13.3 Å². The highest BCUT2D eigenvalue weighted by Crippen LogP contribution is 2.38. The van der Waals surface area contributed by atoms with E-state index < -0.39 is 10.8 Å². The molecule has 9 heteroatoms. The number of benzene rings is 2. The highest BCUT2D eigenvalue weighted by Gasteiger charge is 2.37. The number of thioether (sulfide) groups is 1. The Labute approximate surface area is 186 Å². The van der Waals surface area contributed by atoms with Crippen LogP contribution in [0.1, 0.15) is 18.2 Å². The average molecular weight is 455 g/mol. The zero-order chi connectivity index (χ0) is 22.1. The molecule has 3 aromatic rings. The van der Waals surface area contributed by atoms with Crippen LogP contribution in [0.4, 0.5) is 16.2 Å². The summed E-state index contributed by atoms with van der Waals surface area (Å²) < 4.78 is 5.76. The summed E-state index contributed by atoms with van der Waals surface area (Å²) in [6.07, 6.45) is 2.19. The van der Waals surface area contributed by atoms with E-state index in [9.17, 15) is 19.7 Å². The number of nitro benzene ring substituents is 1. The number of halogens is 1. The molecule has 0 aliphatic carbocycles. The van der Waals surface area contributed by atoms with Gasteiger partial charge in [0.15, 0.2) is 0 Å². The van der Waals surface area contributed by atoms with E-state index in [0.29, 0.717) is 29.2 Å². The normalized spacial score (nSPS) is 15.2. The fourth-order valence-electron chi connectivity index (χ4n) is 3.23. The second kappa shape index (κ2) is 8.41. The number of furan rings is 1. The van der Waals surface area contributed by atoms with Gasteiger partial charge in [0.2, 0.25) is 0 Å².